The highest BCUT2D eigenvalue weighted by Crippen LogP contribution is 2.40. The van der Waals surface area contributed by atoms with Gasteiger partial charge in [-0.2, -0.15) is 0 Å². The summed E-state index contributed by atoms with van der Waals surface area (Å²) in [5.41, 5.74) is 6.19. The molecule has 8 heteroatoms. The van der Waals surface area contributed by atoms with Crippen molar-refractivity contribution in [3.8, 4) is 11.5 Å². The van der Waals surface area contributed by atoms with E-state index in [2.05, 4.69) is 34.5 Å². The molecule has 0 amide bonds. The first-order valence-electron chi connectivity index (χ1n) is 10.8. The molecule has 1 N–H and O–H groups in total. The predicted octanol–water partition coefficient (Wildman–Crippen LogP) is 5.28. The Morgan fingerprint density at radius 2 is 1.94 bits per heavy atom. The Labute approximate surface area is 197 Å². The summed E-state index contributed by atoms with van der Waals surface area (Å²) in [4.78, 5) is 13.3. The molecule has 0 saturated carbocycles. The number of rotatable bonds is 6. The molecule has 0 fully saturated rings. The van der Waals surface area contributed by atoms with Gasteiger partial charge in [-0.25, -0.2) is 0 Å². The fourth-order valence-corrected chi connectivity index (χ4v) is 4.83. The normalized spacial score (nSPS) is 16.2. The zero-order valence-electron chi connectivity index (χ0n) is 18.2. The minimum Gasteiger partial charge on any atom is -0.493 e. The molecular weight excluding hydrogens is 442 g/mol. The first kappa shape index (κ1) is 21.4. The van der Waals surface area contributed by atoms with Gasteiger partial charge in [-0.1, -0.05) is 24.3 Å². The Morgan fingerprint density at radius 3 is 2.73 bits per heavy atom. The van der Waals surface area contributed by atoms with Crippen molar-refractivity contribution in [1.82, 2.24) is 0 Å². The molecule has 7 nitrogen and oxygen atoms in total. The van der Waals surface area contributed by atoms with E-state index < -0.39 is 4.92 Å². The Bertz CT molecular complexity index is 1220. The number of benzene rings is 3. The number of nitro groups is 1. The van der Waals surface area contributed by atoms with E-state index in [9.17, 15) is 10.1 Å². The van der Waals surface area contributed by atoms with Crippen LogP contribution in [0.4, 0.5) is 17.1 Å². The summed E-state index contributed by atoms with van der Waals surface area (Å²) in [5, 5.41) is 14.8. The number of alkyl halides is 1. The first-order valence-corrected chi connectivity index (χ1v) is 11.3. The van der Waals surface area contributed by atoms with Gasteiger partial charge in [-0.3, -0.25) is 10.1 Å². The molecule has 2 aliphatic rings. The van der Waals surface area contributed by atoms with Crippen molar-refractivity contribution in [2.45, 2.75) is 31.5 Å². The van der Waals surface area contributed by atoms with Gasteiger partial charge in [0, 0.05) is 48.5 Å². The highest BCUT2D eigenvalue weighted by molar-refractivity contribution is 6.17. The molecule has 0 bridgehead atoms. The molecular formula is C25H24ClN3O4. The SMILES string of the molecule is COc1cc2c(cc1OCc1cc(CCl)cc([N+](=O)[O-])c1)NC[C@@H]1Cc3ccccc3N1C2. The Balaban J connectivity index is 1.40. The first-order chi connectivity index (χ1) is 16.1. The van der Waals surface area contributed by atoms with Gasteiger partial charge in [0.2, 0.25) is 0 Å². The Morgan fingerprint density at radius 1 is 1.12 bits per heavy atom. The van der Waals surface area contributed by atoms with Gasteiger partial charge in [0.25, 0.3) is 5.69 Å². The number of hydrogen-bond donors (Lipinski definition) is 1. The molecule has 3 aromatic rings. The molecule has 0 radical (unpaired) electrons. The van der Waals surface area contributed by atoms with Gasteiger partial charge in [0.15, 0.2) is 11.5 Å². The van der Waals surface area contributed by atoms with Crippen LogP contribution in [-0.2, 0) is 25.5 Å². The van der Waals surface area contributed by atoms with Gasteiger partial charge in [0.1, 0.15) is 6.61 Å². The molecule has 33 heavy (non-hydrogen) atoms. The van der Waals surface area contributed by atoms with Crippen molar-refractivity contribution in [3.63, 3.8) is 0 Å². The number of anilines is 2. The van der Waals surface area contributed by atoms with Crippen molar-refractivity contribution in [2.75, 3.05) is 23.9 Å². The number of fused-ring (bicyclic) bond motifs is 4. The maximum atomic E-state index is 11.2. The highest BCUT2D eigenvalue weighted by Gasteiger charge is 2.32. The fourth-order valence-electron chi connectivity index (χ4n) is 4.67. The van der Waals surface area contributed by atoms with Crippen molar-refractivity contribution in [3.05, 3.63) is 87.0 Å². The second-order valence-electron chi connectivity index (χ2n) is 8.34. The van der Waals surface area contributed by atoms with Gasteiger partial charge < -0.3 is 19.7 Å². The standard InChI is InChI=1S/C25H24ClN3O4/c1-32-24-10-19-14-28-21(9-18-4-2-3-5-23(18)28)13-27-22(19)11-25(24)33-15-17-6-16(12-26)7-20(8-17)29(30)31/h2-8,10-11,21,27H,9,12-15H2,1H3/t21-/m0/s1. The topological polar surface area (TPSA) is 76.9 Å². The van der Waals surface area contributed by atoms with Crippen LogP contribution in [0.25, 0.3) is 0 Å². The molecule has 0 aliphatic carbocycles. The number of para-hydroxylation sites is 1. The van der Waals surface area contributed by atoms with Gasteiger partial charge in [-0.05, 0) is 40.8 Å². The van der Waals surface area contributed by atoms with Crippen LogP contribution in [0.2, 0.25) is 0 Å². The maximum absolute atomic E-state index is 11.2. The van der Waals surface area contributed by atoms with E-state index >= 15 is 0 Å². The number of nitrogens with zero attached hydrogens (tertiary/aromatic N) is 2. The zero-order chi connectivity index (χ0) is 22.9. The monoisotopic (exact) mass is 465 g/mol. The van der Waals surface area contributed by atoms with Crippen LogP contribution in [0, 0.1) is 10.1 Å². The zero-order valence-corrected chi connectivity index (χ0v) is 19.0. The van der Waals surface area contributed by atoms with Crippen molar-refractivity contribution in [1.29, 1.82) is 0 Å². The van der Waals surface area contributed by atoms with Gasteiger partial charge >= 0.3 is 0 Å². The van der Waals surface area contributed by atoms with Crippen LogP contribution in [0.1, 0.15) is 22.3 Å². The quantitative estimate of drug-likeness (QED) is 0.303. The van der Waals surface area contributed by atoms with Crippen LogP contribution >= 0.6 is 11.6 Å². The lowest BCUT2D eigenvalue weighted by Crippen LogP contribution is -2.34. The van der Waals surface area contributed by atoms with E-state index in [1.807, 2.05) is 18.2 Å². The van der Waals surface area contributed by atoms with E-state index in [-0.39, 0.29) is 18.2 Å². The van der Waals surface area contributed by atoms with Crippen LogP contribution in [0.15, 0.2) is 54.6 Å². The number of ether oxygens (including phenoxy) is 2. The molecule has 0 spiro atoms. The van der Waals surface area contributed by atoms with Gasteiger partial charge in [-0.15, -0.1) is 11.6 Å². The van der Waals surface area contributed by atoms with E-state index in [0.717, 1.165) is 30.8 Å². The lowest BCUT2D eigenvalue weighted by Gasteiger charge is -2.25. The summed E-state index contributed by atoms with van der Waals surface area (Å²) >= 11 is 5.91. The van der Waals surface area contributed by atoms with E-state index in [4.69, 9.17) is 21.1 Å². The number of nitro benzene ring substituents is 1. The fraction of sp³-hybridized carbons (Fsp3) is 0.280. The third-order valence-corrected chi connectivity index (χ3v) is 6.56. The maximum Gasteiger partial charge on any atom is 0.270 e. The van der Waals surface area contributed by atoms with Crippen LogP contribution in [0.3, 0.4) is 0 Å². The summed E-state index contributed by atoms with van der Waals surface area (Å²) in [7, 11) is 1.62. The molecule has 2 heterocycles. The van der Waals surface area contributed by atoms with E-state index in [1.54, 1.807) is 7.11 Å². The summed E-state index contributed by atoms with van der Waals surface area (Å²) < 4.78 is 11.7. The minimum atomic E-state index is -0.420. The van der Waals surface area contributed by atoms with Crippen molar-refractivity contribution < 1.29 is 14.4 Å². The third-order valence-electron chi connectivity index (χ3n) is 6.25. The summed E-state index contributed by atoms with van der Waals surface area (Å²) in [6.45, 7) is 1.78. The van der Waals surface area contributed by atoms with Gasteiger partial charge in [0.05, 0.1) is 18.1 Å². The number of non-ortho nitro benzene ring substituents is 1. The second kappa shape index (κ2) is 8.83. The largest absolute Gasteiger partial charge is 0.493 e. The number of methoxy groups -OCH3 is 1. The highest BCUT2D eigenvalue weighted by atomic mass is 35.5. The van der Waals surface area contributed by atoms with Crippen LogP contribution in [0.5, 0.6) is 11.5 Å². The average Bonchev–Trinajstić information content (AvgIpc) is 3.08. The molecule has 0 aromatic heterocycles. The molecule has 1 atom stereocenters. The summed E-state index contributed by atoms with van der Waals surface area (Å²) in [5.74, 6) is 1.41. The lowest BCUT2D eigenvalue weighted by atomic mass is 10.1. The molecule has 2 aliphatic heterocycles. The second-order valence-corrected chi connectivity index (χ2v) is 8.61. The molecule has 0 unspecified atom stereocenters. The van der Waals surface area contributed by atoms with E-state index in [1.165, 1.54) is 23.4 Å². The Hall–Kier alpha value is -3.45. The third kappa shape index (κ3) is 4.16. The van der Waals surface area contributed by atoms with Crippen molar-refractivity contribution >= 4 is 28.7 Å². The summed E-state index contributed by atoms with van der Waals surface area (Å²) in [6.07, 6.45) is 1.02. The number of nitrogens with one attached hydrogen (secondary N) is 1. The predicted molar refractivity (Wildman–Crippen MR) is 129 cm³/mol. The molecule has 170 valence electrons. The van der Waals surface area contributed by atoms with Crippen molar-refractivity contribution in [2.24, 2.45) is 0 Å². The van der Waals surface area contributed by atoms with Crippen LogP contribution in [-0.4, -0.2) is 24.6 Å². The molecule has 5 rings (SSSR count). The number of hydrogen-bond acceptors (Lipinski definition) is 6. The summed E-state index contributed by atoms with van der Waals surface area (Å²) in [6, 6.07) is 17.7. The Kier molecular flexibility index (Phi) is 5.72. The number of halogens is 1. The average molecular weight is 466 g/mol. The lowest BCUT2D eigenvalue weighted by molar-refractivity contribution is -0.385. The van der Waals surface area contributed by atoms with E-state index in [0.29, 0.717) is 28.7 Å². The molecule has 3 aromatic carbocycles. The minimum absolute atomic E-state index is 0.00295. The van der Waals surface area contributed by atoms with Crippen LogP contribution < -0.4 is 19.7 Å². The smallest absolute Gasteiger partial charge is 0.270 e. The molecule has 0 saturated heterocycles.